The van der Waals surface area contributed by atoms with E-state index in [0.717, 1.165) is 22.4 Å². The van der Waals surface area contributed by atoms with Gasteiger partial charge >= 0.3 is 0 Å². The number of hydrogen-bond donors (Lipinski definition) is 1. The molecule has 3 aromatic rings. The van der Waals surface area contributed by atoms with Gasteiger partial charge in [-0.1, -0.05) is 42.5 Å². The van der Waals surface area contributed by atoms with Crippen LogP contribution in [0.1, 0.15) is 16.7 Å². The molecule has 0 amide bonds. The molecule has 0 bridgehead atoms. The van der Waals surface area contributed by atoms with Gasteiger partial charge in [0.1, 0.15) is 5.75 Å². The number of nitrogens with zero attached hydrogens (tertiary/aromatic N) is 1. The van der Waals surface area contributed by atoms with E-state index in [1.54, 1.807) is 12.1 Å². The molecule has 2 heteroatoms. The summed E-state index contributed by atoms with van der Waals surface area (Å²) in [5.41, 5.74) is 4.09. The van der Waals surface area contributed by atoms with Gasteiger partial charge in [-0.25, -0.2) is 0 Å². The standard InChI is InChI=1S/C21H17NO/c1-17(20-7-3-2-4-8-20)22-14-12-18(13-15-22)10-11-19-6-5-9-21(23)16-19/h2-16H,1H2/p+1. The molecular formula is C21H18NO+. The molecule has 1 N–H and O–H groups in total. The highest BCUT2D eigenvalue weighted by Crippen LogP contribution is 2.14. The van der Waals surface area contributed by atoms with Crippen LogP contribution in [0, 0.1) is 0 Å². The zero-order chi connectivity index (χ0) is 16.1. The summed E-state index contributed by atoms with van der Waals surface area (Å²) in [5, 5.41) is 9.47. The van der Waals surface area contributed by atoms with Gasteiger partial charge in [-0.3, -0.25) is 0 Å². The number of rotatable bonds is 4. The predicted molar refractivity (Wildman–Crippen MR) is 94.5 cm³/mol. The van der Waals surface area contributed by atoms with Gasteiger partial charge in [-0.2, -0.15) is 4.57 Å². The van der Waals surface area contributed by atoms with E-state index in [-0.39, 0.29) is 5.75 Å². The number of pyridine rings is 1. The van der Waals surface area contributed by atoms with Crippen molar-refractivity contribution in [3.8, 4) is 5.75 Å². The second-order valence-corrected chi connectivity index (χ2v) is 5.28. The third-order valence-corrected chi connectivity index (χ3v) is 3.61. The van der Waals surface area contributed by atoms with E-state index in [9.17, 15) is 5.11 Å². The number of hydrogen-bond acceptors (Lipinski definition) is 1. The first-order valence-corrected chi connectivity index (χ1v) is 7.45. The summed E-state index contributed by atoms with van der Waals surface area (Å²) in [6, 6.07) is 21.4. The summed E-state index contributed by atoms with van der Waals surface area (Å²) in [5.74, 6) is 0.275. The minimum Gasteiger partial charge on any atom is -0.508 e. The number of aromatic hydroxyl groups is 1. The van der Waals surface area contributed by atoms with Gasteiger partial charge < -0.3 is 5.11 Å². The largest absolute Gasteiger partial charge is 0.508 e. The lowest BCUT2D eigenvalue weighted by Crippen LogP contribution is -2.31. The second-order valence-electron chi connectivity index (χ2n) is 5.28. The number of phenolic OH excluding ortho intramolecular Hbond substituents is 1. The van der Waals surface area contributed by atoms with Crippen LogP contribution >= 0.6 is 0 Å². The zero-order valence-electron chi connectivity index (χ0n) is 12.8. The molecule has 23 heavy (non-hydrogen) atoms. The molecule has 2 nitrogen and oxygen atoms in total. The van der Waals surface area contributed by atoms with E-state index >= 15 is 0 Å². The van der Waals surface area contributed by atoms with Gasteiger partial charge in [0.25, 0.3) is 0 Å². The van der Waals surface area contributed by atoms with Crippen molar-refractivity contribution >= 4 is 17.8 Å². The highest BCUT2D eigenvalue weighted by Gasteiger charge is 2.08. The smallest absolute Gasteiger partial charge is 0.210 e. The molecule has 0 radical (unpaired) electrons. The van der Waals surface area contributed by atoms with Crippen molar-refractivity contribution in [3.05, 3.63) is 102 Å². The number of phenols is 1. The summed E-state index contributed by atoms with van der Waals surface area (Å²) >= 11 is 0. The number of aromatic nitrogens is 1. The summed E-state index contributed by atoms with van der Waals surface area (Å²) in [6.07, 6.45) is 7.99. The third kappa shape index (κ3) is 3.74. The molecule has 1 aromatic heterocycles. The van der Waals surface area contributed by atoms with Gasteiger partial charge in [0.2, 0.25) is 5.70 Å². The molecule has 0 saturated carbocycles. The Hall–Kier alpha value is -3.13. The Labute approximate surface area is 136 Å². The van der Waals surface area contributed by atoms with Crippen LogP contribution in [-0.4, -0.2) is 5.11 Å². The maximum Gasteiger partial charge on any atom is 0.210 e. The normalized spacial score (nSPS) is 10.8. The highest BCUT2D eigenvalue weighted by atomic mass is 16.3. The highest BCUT2D eigenvalue weighted by molar-refractivity contribution is 5.69. The molecule has 3 rings (SSSR count). The molecule has 2 aromatic carbocycles. The van der Waals surface area contributed by atoms with Crippen molar-refractivity contribution in [2.45, 2.75) is 0 Å². The third-order valence-electron chi connectivity index (χ3n) is 3.61. The topological polar surface area (TPSA) is 24.1 Å². The molecule has 112 valence electrons. The summed E-state index contributed by atoms with van der Waals surface area (Å²) in [6.45, 7) is 4.15. The second kappa shape index (κ2) is 6.75. The monoisotopic (exact) mass is 300 g/mol. The summed E-state index contributed by atoms with van der Waals surface area (Å²) in [7, 11) is 0. The summed E-state index contributed by atoms with van der Waals surface area (Å²) in [4.78, 5) is 0. The van der Waals surface area contributed by atoms with Crippen molar-refractivity contribution < 1.29 is 9.67 Å². The van der Waals surface area contributed by atoms with Crippen LogP contribution in [0.4, 0.5) is 0 Å². The van der Waals surface area contributed by atoms with Crippen LogP contribution in [-0.2, 0) is 0 Å². The molecule has 0 aliphatic rings. The average molecular weight is 300 g/mol. The van der Waals surface area contributed by atoms with Crippen LogP contribution in [0.15, 0.2) is 85.7 Å². The van der Waals surface area contributed by atoms with E-state index in [0.29, 0.717) is 0 Å². The van der Waals surface area contributed by atoms with Gasteiger partial charge in [0.15, 0.2) is 12.4 Å². The van der Waals surface area contributed by atoms with Crippen molar-refractivity contribution in [2.24, 2.45) is 0 Å². The summed E-state index contributed by atoms with van der Waals surface area (Å²) < 4.78 is 2.00. The van der Waals surface area contributed by atoms with Crippen molar-refractivity contribution in [1.82, 2.24) is 0 Å². The van der Waals surface area contributed by atoms with E-state index in [4.69, 9.17) is 0 Å². The minimum absolute atomic E-state index is 0.275. The Morgan fingerprint density at radius 3 is 2.22 bits per heavy atom. The Balaban J connectivity index is 1.76. The molecule has 0 aliphatic heterocycles. The molecule has 1 heterocycles. The van der Waals surface area contributed by atoms with E-state index in [1.165, 1.54) is 0 Å². The fourth-order valence-corrected chi connectivity index (χ4v) is 2.33. The van der Waals surface area contributed by atoms with Crippen molar-refractivity contribution in [2.75, 3.05) is 0 Å². The lowest BCUT2D eigenvalue weighted by Gasteiger charge is -2.00. The molecular weight excluding hydrogens is 282 g/mol. The van der Waals surface area contributed by atoms with Gasteiger partial charge in [0.05, 0.1) is 0 Å². The van der Waals surface area contributed by atoms with E-state index in [2.05, 4.69) is 6.58 Å². The molecule has 0 fully saturated rings. The fraction of sp³-hybridized carbons (Fsp3) is 0. The van der Waals surface area contributed by atoms with Crippen LogP contribution < -0.4 is 4.57 Å². The van der Waals surface area contributed by atoms with Gasteiger partial charge in [0, 0.05) is 17.7 Å². The van der Waals surface area contributed by atoms with Crippen LogP contribution in [0.2, 0.25) is 0 Å². The lowest BCUT2D eigenvalue weighted by atomic mass is 10.1. The molecule has 0 saturated heterocycles. The molecule has 0 spiro atoms. The van der Waals surface area contributed by atoms with E-state index < -0.39 is 0 Å². The number of benzene rings is 2. The van der Waals surface area contributed by atoms with Gasteiger partial charge in [-0.05, 0) is 42.0 Å². The first kappa shape index (κ1) is 14.8. The molecule has 0 unspecified atom stereocenters. The Morgan fingerprint density at radius 2 is 1.52 bits per heavy atom. The maximum absolute atomic E-state index is 9.47. The lowest BCUT2D eigenvalue weighted by molar-refractivity contribution is -0.578. The van der Waals surface area contributed by atoms with Crippen molar-refractivity contribution in [3.63, 3.8) is 0 Å². The fourth-order valence-electron chi connectivity index (χ4n) is 2.33. The Bertz CT molecular complexity index is 833. The minimum atomic E-state index is 0.275. The van der Waals surface area contributed by atoms with Crippen molar-refractivity contribution in [1.29, 1.82) is 0 Å². The predicted octanol–water partition coefficient (Wildman–Crippen LogP) is 4.37. The zero-order valence-corrected chi connectivity index (χ0v) is 12.8. The first-order chi connectivity index (χ1) is 11.2. The van der Waals surface area contributed by atoms with Gasteiger partial charge in [-0.15, -0.1) is 0 Å². The Morgan fingerprint density at radius 1 is 0.826 bits per heavy atom. The Kier molecular flexibility index (Phi) is 4.34. The van der Waals surface area contributed by atoms with Crippen LogP contribution in [0.25, 0.3) is 17.8 Å². The average Bonchev–Trinajstić information content (AvgIpc) is 2.61. The SMILES string of the molecule is C=C(c1ccccc1)[n+]1ccc(C=Cc2cccc(O)c2)cc1. The van der Waals surface area contributed by atoms with Crippen LogP contribution in [0.3, 0.4) is 0 Å². The quantitative estimate of drug-likeness (QED) is 0.711. The molecule has 0 aliphatic carbocycles. The first-order valence-electron chi connectivity index (χ1n) is 7.45. The maximum atomic E-state index is 9.47. The van der Waals surface area contributed by atoms with Crippen LogP contribution in [0.5, 0.6) is 5.75 Å². The van der Waals surface area contributed by atoms with E-state index in [1.807, 2.05) is 83.7 Å². The molecule has 0 atom stereocenters.